The number of anilines is 1. The third-order valence-electron chi connectivity index (χ3n) is 7.47. The second kappa shape index (κ2) is 11.6. The minimum Gasteiger partial charge on any atom is -0.508 e. The standard InChI is InChI=1S/C29H29F2N3O6/c30-19-4-1-17(2-5-19)25(35)12-11-23-27(34(28(23)37)21-8-6-20(31)7-9-21)22-10-3-18(15-26(22)36)24-16-32-13-14-33(24)40-29(38)39/h1-10,15,23-25,27,32,35-36H,11-14,16H2,(H,38,39). The summed E-state index contributed by atoms with van der Waals surface area (Å²) in [6, 6.07) is 14.9. The third-order valence-corrected chi connectivity index (χ3v) is 7.47. The van der Waals surface area contributed by atoms with E-state index in [9.17, 15) is 28.6 Å². The van der Waals surface area contributed by atoms with Crippen LogP contribution in [0.15, 0.2) is 66.7 Å². The number of aliphatic hydroxyl groups excluding tert-OH is 1. The van der Waals surface area contributed by atoms with E-state index < -0.39 is 41.9 Å². The fraction of sp³-hybridized carbons (Fsp3) is 0.310. The van der Waals surface area contributed by atoms with Gasteiger partial charge in [0.05, 0.1) is 24.1 Å². The molecule has 210 valence electrons. The molecular weight excluding hydrogens is 524 g/mol. The van der Waals surface area contributed by atoms with Gasteiger partial charge in [0.2, 0.25) is 5.91 Å². The number of β-lactam (4-membered cyclic amide) rings is 1. The molecule has 1 amide bonds. The number of carbonyl (C=O) groups is 2. The normalized spacial score (nSPS) is 22.0. The van der Waals surface area contributed by atoms with Gasteiger partial charge < -0.3 is 30.4 Å². The molecule has 5 rings (SSSR count). The molecule has 0 radical (unpaired) electrons. The van der Waals surface area contributed by atoms with E-state index >= 15 is 0 Å². The summed E-state index contributed by atoms with van der Waals surface area (Å²) < 4.78 is 26.9. The minimum absolute atomic E-state index is 0.0907. The lowest BCUT2D eigenvalue weighted by atomic mass is 9.77. The molecule has 2 aliphatic rings. The summed E-state index contributed by atoms with van der Waals surface area (Å²) in [6.07, 6.45) is -1.83. The first-order chi connectivity index (χ1) is 19.2. The summed E-state index contributed by atoms with van der Waals surface area (Å²) in [4.78, 5) is 30.9. The molecule has 0 aromatic heterocycles. The molecule has 2 fully saturated rings. The topological polar surface area (TPSA) is 123 Å². The minimum atomic E-state index is -1.43. The number of aliphatic hydroxyl groups is 1. The molecule has 0 saturated carbocycles. The highest BCUT2D eigenvalue weighted by atomic mass is 19.1. The Balaban J connectivity index is 1.41. The van der Waals surface area contributed by atoms with Crippen molar-refractivity contribution in [3.8, 4) is 5.75 Å². The fourth-order valence-corrected chi connectivity index (χ4v) is 5.46. The van der Waals surface area contributed by atoms with Crippen LogP contribution in [0.25, 0.3) is 0 Å². The number of nitrogens with one attached hydrogen (secondary N) is 1. The molecule has 3 aromatic rings. The van der Waals surface area contributed by atoms with E-state index in [1.54, 1.807) is 12.1 Å². The van der Waals surface area contributed by atoms with Crippen LogP contribution >= 0.6 is 0 Å². The van der Waals surface area contributed by atoms with Gasteiger partial charge in [0.1, 0.15) is 17.4 Å². The molecule has 0 bridgehead atoms. The number of halogens is 2. The molecule has 0 aliphatic carbocycles. The van der Waals surface area contributed by atoms with Crippen molar-refractivity contribution in [3.63, 3.8) is 0 Å². The third kappa shape index (κ3) is 5.62. The average Bonchev–Trinajstić information content (AvgIpc) is 2.93. The fourth-order valence-electron chi connectivity index (χ4n) is 5.46. The Morgan fingerprint density at radius 3 is 2.38 bits per heavy atom. The van der Waals surface area contributed by atoms with Crippen molar-refractivity contribution in [2.75, 3.05) is 24.5 Å². The number of carboxylic acid groups (broad SMARTS) is 1. The zero-order valence-corrected chi connectivity index (χ0v) is 21.4. The molecule has 4 unspecified atom stereocenters. The Morgan fingerprint density at radius 1 is 1.05 bits per heavy atom. The van der Waals surface area contributed by atoms with Gasteiger partial charge in [0.25, 0.3) is 0 Å². The van der Waals surface area contributed by atoms with E-state index in [-0.39, 0.29) is 24.5 Å². The van der Waals surface area contributed by atoms with Crippen LogP contribution in [0.2, 0.25) is 0 Å². The van der Waals surface area contributed by atoms with Crippen LogP contribution in [0, 0.1) is 17.6 Å². The predicted octanol–water partition coefficient (Wildman–Crippen LogP) is 4.44. The second-order valence-electron chi connectivity index (χ2n) is 9.92. The summed E-state index contributed by atoms with van der Waals surface area (Å²) >= 11 is 0. The largest absolute Gasteiger partial charge is 0.525 e. The molecular formula is C29H29F2N3O6. The summed E-state index contributed by atoms with van der Waals surface area (Å²) in [6.45, 7) is 1.27. The van der Waals surface area contributed by atoms with Crippen LogP contribution in [0.3, 0.4) is 0 Å². The second-order valence-corrected chi connectivity index (χ2v) is 9.92. The number of hydrogen-bond donors (Lipinski definition) is 4. The smallest absolute Gasteiger partial charge is 0.508 e. The summed E-state index contributed by atoms with van der Waals surface area (Å²) in [5.74, 6) is -1.77. The van der Waals surface area contributed by atoms with Gasteiger partial charge in [-0.1, -0.05) is 24.3 Å². The average molecular weight is 554 g/mol. The zero-order chi connectivity index (χ0) is 28.4. The Bertz CT molecular complexity index is 1370. The SMILES string of the molecule is O=C(O)ON1CCNCC1c1ccc(C2C(CCC(O)c3ccc(F)cc3)C(=O)N2c2ccc(F)cc2)c(O)c1. The number of piperazine rings is 1. The van der Waals surface area contributed by atoms with Crippen molar-refractivity contribution >= 4 is 17.7 Å². The predicted molar refractivity (Wildman–Crippen MR) is 140 cm³/mol. The molecule has 40 heavy (non-hydrogen) atoms. The first-order valence-corrected chi connectivity index (χ1v) is 13.0. The Hall–Kier alpha value is -4.06. The van der Waals surface area contributed by atoms with Gasteiger partial charge in [0.15, 0.2) is 0 Å². The molecule has 2 saturated heterocycles. The Morgan fingerprint density at radius 2 is 1.73 bits per heavy atom. The molecule has 3 aromatic carbocycles. The molecule has 2 aliphatic heterocycles. The van der Waals surface area contributed by atoms with Crippen molar-refractivity contribution in [3.05, 3.63) is 95.1 Å². The number of hydroxylamine groups is 2. The van der Waals surface area contributed by atoms with E-state index in [0.29, 0.717) is 42.0 Å². The van der Waals surface area contributed by atoms with Crippen LogP contribution in [0.1, 0.15) is 47.7 Å². The summed E-state index contributed by atoms with van der Waals surface area (Å²) in [5, 5.41) is 35.4. The van der Waals surface area contributed by atoms with Crippen molar-refractivity contribution in [1.29, 1.82) is 0 Å². The Kier molecular flexibility index (Phi) is 7.97. The first kappa shape index (κ1) is 27.5. The number of benzene rings is 3. The highest BCUT2D eigenvalue weighted by Crippen LogP contribution is 2.49. The van der Waals surface area contributed by atoms with Crippen molar-refractivity contribution in [1.82, 2.24) is 10.4 Å². The molecule has 4 N–H and O–H groups in total. The van der Waals surface area contributed by atoms with Crippen LogP contribution in [0.4, 0.5) is 19.3 Å². The number of hydrogen-bond acceptors (Lipinski definition) is 7. The zero-order valence-electron chi connectivity index (χ0n) is 21.4. The van der Waals surface area contributed by atoms with Gasteiger partial charge in [-0.2, -0.15) is 0 Å². The van der Waals surface area contributed by atoms with E-state index in [0.717, 1.165) is 0 Å². The van der Waals surface area contributed by atoms with E-state index in [4.69, 9.17) is 9.94 Å². The molecule has 4 atom stereocenters. The maximum Gasteiger partial charge on any atom is 0.525 e. The lowest BCUT2D eigenvalue weighted by molar-refractivity contribution is -0.157. The van der Waals surface area contributed by atoms with Gasteiger partial charge >= 0.3 is 6.16 Å². The molecule has 9 nitrogen and oxygen atoms in total. The first-order valence-electron chi connectivity index (χ1n) is 13.0. The maximum absolute atomic E-state index is 13.6. The number of amides is 1. The quantitative estimate of drug-likeness (QED) is 0.302. The van der Waals surface area contributed by atoms with E-state index in [2.05, 4.69) is 5.32 Å². The monoisotopic (exact) mass is 553 g/mol. The van der Waals surface area contributed by atoms with Crippen LogP contribution in [-0.4, -0.2) is 52.1 Å². The number of nitrogens with zero attached hydrogens (tertiary/aromatic N) is 2. The lowest BCUT2D eigenvalue weighted by Gasteiger charge is -2.48. The van der Waals surface area contributed by atoms with Gasteiger partial charge in [-0.25, -0.2) is 13.6 Å². The highest BCUT2D eigenvalue weighted by Gasteiger charge is 2.49. The van der Waals surface area contributed by atoms with Crippen LogP contribution < -0.4 is 10.2 Å². The maximum atomic E-state index is 13.6. The van der Waals surface area contributed by atoms with E-state index in [1.165, 1.54) is 64.6 Å². The van der Waals surface area contributed by atoms with Crippen molar-refractivity contribution in [2.24, 2.45) is 5.92 Å². The number of carbonyl (C=O) groups excluding carboxylic acids is 1. The van der Waals surface area contributed by atoms with E-state index in [1.807, 2.05) is 0 Å². The number of phenols is 1. The molecule has 11 heteroatoms. The lowest BCUT2D eigenvalue weighted by Crippen LogP contribution is -2.55. The summed E-state index contributed by atoms with van der Waals surface area (Å²) in [5.41, 5.74) is 2.08. The van der Waals surface area contributed by atoms with Crippen LogP contribution in [0.5, 0.6) is 5.75 Å². The summed E-state index contributed by atoms with van der Waals surface area (Å²) in [7, 11) is 0. The van der Waals surface area contributed by atoms with Crippen molar-refractivity contribution < 1.29 is 38.5 Å². The van der Waals surface area contributed by atoms with Gasteiger partial charge in [-0.05, 0) is 66.4 Å². The number of rotatable bonds is 8. The van der Waals surface area contributed by atoms with Crippen LogP contribution in [-0.2, 0) is 9.63 Å². The number of phenolic OH excluding ortho intramolecular Hbond substituents is 1. The number of aromatic hydroxyl groups is 1. The molecule has 2 heterocycles. The van der Waals surface area contributed by atoms with Crippen molar-refractivity contribution in [2.45, 2.75) is 31.0 Å². The van der Waals surface area contributed by atoms with Gasteiger partial charge in [-0.15, -0.1) is 5.06 Å². The van der Waals surface area contributed by atoms with Gasteiger partial charge in [0, 0.05) is 30.9 Å². The molecule has 0 spiro atoms. The Labute approximate surface area is 229 Å². The van der Waals surface area contributed by atoms with Gasteiger partial charge in [-0.3, -0.25) is 4.79 Å². The highest BCUT2D eigenvalue weighted by molar-refractivity contribution is 6.03.